The Kier molecular flexibility index (Phi) is 4.61. The summed E-state index contributed by atoms with van der Waals surface area (Å²) in [6.07, 6.45) is 2.46. The third-order valence-corrected chi connectivity index (χ3v) is 3.74. The summed E-state index contributed by atoms with van der Waals surface area (Å²) in [6, 6.07) is 5.80. The van der Waals surface area contributed by atoms with Crippen LogP contribution in [0, 0.1) is 0 Å². The Hall–Kier alpha value is -1.33. The van der Waals surface area contributed by atoms with Crippen molar-refractivity contribution in [2.24, 2.45) is 5.73 Å². The van der Waals surface area contributed by atoms with Crippen molar-refractivity contribution in [3.63, 3.8) is 0 Å². The van der Waals surface area contributed by atoms with Crippen LogP contribution in [-0.2, 0) is 4.74 Å². The van der Waals surface area contributed by atoms with Gasteiger partial charge in [-0.1, -0.05) is 12.2 Å². The number of ether oxygens (including phenoxy) is 2. The maximum Gasteiger partial charge on any atom is 0.120 e. The number of thiocarbonyl (C=S) groups is 1. The summed E-state index contributed by atoms with van der Waals surface area (Å²) in [4.78, 5) is 2.69. The highest BCUT2D eigenvalue weighted by atomic mass is 32.1. The minimum absolute atomic E-state index is 0.263. The Bertz CT molecular complexity index is 465. The molecule has 0 radical (unpaired) electrons. The van der Waals surface area contributed by atoms with E-state index in [4.69, 9.17) is 27.4 Å². The molecular formula is C14H20N2O2S. The topological polar surface area (TPSA) is 47.7 Å². The Morgan fingerprint density at radius 2 is 2.21 bits per heavy atom. The summed E-state index contributed by atoms with van der Waals surface area (Å²) in [5, 5.41) is 0. The van der Waals surface area contributed by atoms with Gasteiger partial charge in [0.2, 0.25) is 0 Å². The second-order valence-electron chi connectivity index (χ2n) is 4.69. The fourth-order valence-electron chi connectivity index (χ4n) is 2.46. The highest BCUT2D eigenvalue weighted by Gasteiger charge is 2.22. The van der Waals surface area contributed by atoms with E-state index in [0.717, 1.165) is 42.9 Å². The average Bonchev–Trinajstić information content (AvgIpc) is 2.46. The van der Waals surface area contributed by atoms with Crippen LogP contribution in [0.4, 0.5) is 5.69 Å². The average molecular weight is 280 g/mol. The minimum Gasteiger partial charge on any atom is -0.497 e. The van der Waals surface area contributed by atoms with E-state index in [2.05, 4.69) is 4.90 Å². The number of hydrogen-bond acceptors (Lipinski definition) is 4. The standard InChI is InChI=1S/C14H20N2O2S/c1-17-10-5-6-12(14(15)19)13(8-10)16-7-3-4-11(9-16)18-2/h5-6,8,11H,3-4,7,9H2,1-2H3,(H2,15,19). The zero-order chi connectivity index (χ0) is 13.8. The molecule has 0 aliphatic carbocycles. The largest absolute Gasteiger partial charge is 0.497 e. The normalized spacial score (nSPS) is 19.3. The molecule has 0 saturated carbocycles. The summed E-state index contributed by atoms with van der Waals surface area (Å²) in [5.74, 6) is 0.814. The van der Waals surface area contributed by atoms with Gasteiger partial charge in [0.25, 0.3) is 0 Å². The van der Waals surface area contributed by atoms with Gasteiger partial charge in [-0.3, -0.25) is 0 Å². The molecular weight excluding hydrogens is 260 g/mol. The van der Waals surface area contributed by atoms with E-state index < -0.39 is 0 Å². The summed E-state index contributed by atoms with van der Waals surface area (Å²) in [7, 11) is 3.42. The highest BCUT2D eigenvalue weighted by molar-refractivity contribution is 7.80. The Balaban J connectivity index is 2.32. The number of benzene rings is 1. The number of methoxy groups -OCH3 is 2. The molecule has 19 heavy (non-hydrogen) atoms. The van der Waals surface area contributed by atoms with Crippen molar-refractivity contribution in [1.29, 1.82) is 0 Å². The highest BCUT2D eigenvalue weighted by Crippen LogP contribution is 2.29. The monoisotopic (exact) mass is 280 g/mol. The summed E-state index contributed by atoms with van der Waals surface area (Å²) >= 11 is 5.14. The molecule has 0 spiro atoms. The fourth-order valence-corrected chi connectivity index (χ4v) is 2.63. The van der Waals surface area contributed by atoms with Crippen LogP contribution in [-0.4, -0.2) is 38.4 Å². The maximum atomic E-state index is 5.81. The zero-order valence-corrected chi connectivity index (χ0v) is 12.2. The second-order valence-corrected chi connectivity index (χ2v) is 5.13. The van der Waals surface area contributed by atoms with E-state index in [9.17, 15) is 0 Å². The van der Waals surface area contributed by atoms with Gasteiger partial charge in [-0.2, -0.15) is 0 Å². The Morgan fingerprint density at radius 1 is 1.42 bits per heavy atom. The first-order valence-corrected chi connectivity index (χ1v) is 6.82. The molecule has 104 valence electrons. The lowest BCUT2D eigenvalue weighted by atomic mass is 10.0. The first kappa shape index (κ1) is 14.1. The molecule has 1 saturated heterocycles. The molecule has 1 aliphatic rings. The molecule has 0 amide bonds. The number of anilines is 1. The summed E-state index contributed by atoms with van der Waals surface area (Å²) < 4.78 is 10.8. The molecule has 0 bridgehead atoms. The molecule has 1 unspecified atom stereocenters. The van der Waals surface area contributed by atoms with Crippen molar-refractivity contribution >= 4 is 22.9 Å². The lowest BCUT2D eigenvalue weighted by Crippen LogP contribution is -2.40. The van der Waals surface area contributed by atoms with Crippen molar-refractivity contribution in [2.45, 2.75) is 18.9 Å². The molecule has 2 N–H and O–H groups in total. The molecule has 1 aromatic carbocycles. The van der Waals surface area contributed by atoms with Gasteiger partial charge < -0.3 is 20.1 Å². The predicted octanol–water partition coefficient (Wildman–Crippen LogP) is 1.94. The lowest BCUT2D eigenvalue weighted by molar-refractivity contribution is 0.0893. The lowest BCUT2D eigenvalue weighted by Gasteiger charge is -2.34. The van der Waals surface area contributed by atoms with Gasteiger partial charge in [0.15, 0.2) is 0 Å². The Morgan fingerprint density at radius 3 is 2.84 bits per heavy atom. The van der Waals surface area contributed by atoms with Crippen LogP contribution in [0.15, 0.2) is 18.2 Å². The van der Waals surface area contributed by atoms with Gasteiger partial charge in [-0.15, -0.1) is 0 Å². The molecule has 1 heterocycles. The van der Waals surface area contributed by atoms with Crippen LogP contribution in [0.1, 0.15) is 18.4 Å². The third kappa shape index (κ3) is 3.16. The van der Waals surface area contributed by atoms with Crippen LogP contribution in [0.25, 0.3) is 0 Å². The quantitative estimate of drug-likeness (QED) is 0.854. The second kappa shape index (κ2) is 6.21. The van der Waals surface area contributed by atoms with Crippen LogP contribution in [0.3, 0.4) is 0 Å². The molecule has 2 rings (SSSR count). The van der Waals surface area contributed by atoms with Gasteiger partial charge in [-0.25, -0.2) is 0 Å². The van der Waals surface area contributed by atoms with E-state index in [0.29, 0.717) is 4.99 Å². The molecule has 1 atom stereocenters. The number of hydrogen-bond donors (Lipinski definition) is 1. The van der Waals surface area contributed by atoms with Gasteiger partial charge >= 0.3 is 0 Å². The maximum absolute atomic E-state index is 5.81. The van der Waals surface area contributed by atoms with E-state index in [-0.39, 0.29) is 6.10 Å². The van der Waals surface area contributed by atoms with Gasteiger partial charge in [0.05, 0.1) is 18.9 Å². The molecule has 5 heteroatoms. The van der Waals surface area contributed by atoms with Gasteiger partial charge in [0, 0.05) is 31.8 Å². The molecule has 4 nitrogen and oxygen atoms in total. The molecule has 1 aromatic rings. The number of nitrogens with zero attached hydrogens (tertiary/aromatic N) is 1. The summed E-state index contributed by atoms with van der Waals surface area (Å²) in [5.41, 5.74) is 7.74. The first-order chi connectivity index (χ1) is 9.15. The van der Waals surface area contributed by atoms with Gasteiger partial charge in [-0.05, 0) is 25.0 Å². The van der Waals surface area contributed by atoms with Crippen molar-refractivity contribution in [3.05, 3.63) is 23.8 Å². The van der Waals surface area contributed by atoms with Crippen LogP contribution in [0.2, 0.25) is 0 Å². The molecule has 1 fully saturated rings. The van der Waals surface area contributed by atoms with Crippen molar-refractivity contribution in [2.75, 3.05) is 32.2 Å². The first-order valence-electron chi connectivity index (χ1n) is 6.41. The van der Waals surface area contributed by atoms with Gasteiger partial charge in [0.1, 0.15) is 10.7 Å². The van der Waals surface area contributed by atoms with Crippen LogP contribution in [0.5, 0.6) is 5.75 Å². The van der Waals surface area contributed by atoms with Crippen molar-refractivity contribution in [1.82, 2.24) is 0 Å². The summed E-state index contributed by atoms with van der Waals surface area (Å²) in [6.45, 7) is 1.85. The fraction of sp³-hybridized carbons (Fsp3) is 0.500. The zero-order valence-electron chi connectivity index (χ0n) is 11.4. The minimum atomic E-state index is 0.263. The van der Waals surface area contributed by atoms with E-state index >= 15 is 0 Å². The van der Waals surface area contributed by atoms with E-state index in [1.165, 1.54) is 0 Å². The van der Waals surface area contributed by atoms with Crippen LogP contribution < -0.4 is 15.4 Å². The predicted molar refractivity (Wildman–Crippen MR) is 81.1 cm³/mol. The molecule has 0 aromatic heterocycles. The smallest absolute Gasteiger partial charge is 0.120 e. The Labute approximate surface area is 119 Å². The van der Waals surface area contributed by atoms with E-state index in [1.54, 1.807) is 14.2 Å². The number of rotatable bonds is 4. The number of piperidine rings is 1. The SMILES string of the molecule is COc1ccc(C(N)=S)c(N2CCCC(OC)C2)c1. The van der Waals surface area contributed by atoms with E-state index in [1.807, 2.05) is 18.2 Å². The van der Waals surface area contributed by atoms with Crippen LogP contribution >= 0.6 is 12.2 Å². The molecule has 1 aliphatic heterocycles. The van der Waals surface area contributed by atoms with Crippen molar-refractivity contribution < 1.29 is 9.47 Å². The number of nitrogens with two attached hydrogens (primary N) is 1. The van der Waals surface area contributed by atoms with Crippen molar-refractivity contribution in [3.8, 4) is 5.75 Å². The third-order valence-electron chi connectivity index (χ3n) is 3.52.